The molecule has 0 spiro atoms. The highest BCUT2D eigenvalue weighted by Crippen LogP contribution is 2.14. The lowest BCUT2D eigenvalue weighted by Crippen LogP contribution is -2.41. The van der Waals surface area contributed by atoms with Crippen molar-refractivity contribution in [1.82, 2.24) is 10.6 Å². The van der Waals surface area contributed by atoms with E-state index in [-0.39, 0.29) is 18.9 Å². The van der Waals surface area contributed by atoms with Gasteiger partial charge < -0.3 is 25.8 Å². The van der Waals surface area contributed by atoms with Gasteiger partial charge in [-0.2, -0.15) is 0 Å². The average molecular weight is 462 g/mol. The highest BCUT2D eigenvalue weighted by molar-refractivity contribution is 5.86. The van der Waals surface area contributed by atoms with E-state index in [1.807, 2.05) is 36.4 Å². The first-order valence-electron chi connectivity index (χ1n) is 10.9. The predicted octanol–water partition coefficient (Wildman–Crippen LogP) is 3.51. The Morgan fingerprint density at radius 3 is 2.09 bits per heavy atom. The number of ether oxygens (including phenoxy) is 1. The summed E-state index contributed by atoms with van der Waals surface area (Å²) in [5.41, 5.74) is 3.01. The van der Waals surface area contributed by atoms with Crippen molar-refractivity contribution < 1.29 is 24.2 Å². The molecule has 8 nitrogen and oxygen atoms in total. The van der Waals surface area contributed by atoms with Crippen molar-refractivity contribution in [2.75, 3.05) is 18.4 Å². The molecular formula is C26H27N3O5. The van der Waals surface area contributed by atoms with E-state index in [0.717, 1.165) is 11.3 Å². The van der Waals surface area contributed by atoms with E-state index in [9.17, 15) is 14.4 Å². The van der Waals surface area contributed by atoms with Crippen LogP contribution in [-0.4, -0.2) is 36.2 Å². The van der Waals surface area contributed by atoms with Crippen LogP contribution in [0.1, 0.15) is 22.7 Å². The van der Waals surface area contributed by atoms with E-state index in [1.54, 1.807) is 48.5 Å². The highest BCUT2D eigenvalue weighted by atomic mass is 16.5. The van der Waals surface area contributed by atoms with Crippen LogP contribution >= 0.6 is 0 Å². The molecule has 0 aliphatic carbocycles. The monoisotopic (exact) mass is 461 g/mol. The fraction of sp³-hybridized carbons (Fsp3) is 0.192. The van der Waals surface area contributed by atoms with Crippen LogP contribution in [0.2, 0.25) is 0 Å². The Kier molecular flexibility index (Phi) is 9.04. The number of carboxylic acids is 1. The van der Waals surface area contributed by atoms with Gasteiger partial charge in [0.15, 0.2) is 0 Å². The Balaban J connectivity index is 1.50. The van der Waals surface area contributed by atoms with Crippen LogP contribution < -0.4 is 16.0 Å². The van der Waals surface area contributed by atoms with Gasteiger partial charge in [0.05, 0.1) is 6.42 Å². The van der Waals surface area contributed by atoms with Crippen LogP contribution in [0.3, 0.4) is 0 Å². The number of amides is 2. The van der Waals surface area contributed by atoms with Crippen LogP contribution in [0.4, 0.5) is 10.5 Å². The zero-order valence-electron chi connectivity index (χ0n) is 18.6. The van der Waals surface area contributed by atoms with Crippen LogP contribution in [0.15, 0.2) is 84.9 Å². The summed E-state index contributed by atoms with van der Waals surface area (Å²) in [6.07, 6.45) is -0.717. The van der Waals surface area contributed by atoms with E-state index < -0.39 is 18.1 Å². The standard InChI is InChI=1S/C26H27N3O5/c30-23(31)17-19-11-13-22(14-12-19)27-15-16-28-25(32)24(21-9-5-2-6-10-21)29-26(33)34-18-20-7-3-1-4-8-20/h1-14,24,27H,15-18H2,(H,28,32)(H,29,33)(H,30,31)/t24-/m0/s1. The van der Waals surface area contributed by atoms with Crippen molar-refractivity contribution in [2.45, 2.75) is 19.1 Å². The van der Waals surface area contributed by atoms with Crippen LogP contribution in [0, 0.1) is 0 Å². The van der Waals surface area contributed by atoms with E-state index >= 15 is 0 Å². The molecule has 0 fully saturated rings. The summed E-state index contributed by atoms with van der Waals surface area (Å²) in [5.74, 6) is -1.24. The average Bonchev–Trinajstić information content (AvgIpc) is 2.85. The molecule has 0 saturated heterocycles. The Labute approximate surface area is 198 Å². The van der Waals surface area contributed by atoms with E-state index in [4.69, 9.17) is 9.84 Å². The number of hydrogen-bond acceptors (Lipinski definition) is 5. The largest absolute Gasteiger partial charge is 0.481 e. The van der Waals surface area contributed by atoms with Crippen molar-refractivity contribution in [3.63, 3.8) is 0 Å². The summed E-state index contributed by atoms with van der Waals surface area (Å²) in [6.45, 7) is 0.870. The Morgan fingerprint density at radius 1 is 0.794 bits per heavy atom. The van der Waals surface area contributed by atoms with E-state index in [0.29, 0.717) is 24.2 Å². The number of carbonyl (C=O) groups is 3. The first-order chi connectivity index (χ1) is 16.5. The number of carbonyl (C=O) groups excluding carboxylic acids is 2. The molecule has 0 saturated carbocycles. The zero-order valence-corrected chi connectivity index (χ0v) is 18.6. The normalized spacial score (nSPS) is 11.2. The lowest BCUT2D eigenvalue weighted by atomic mass is 10.1. The quantitative estimate of drug-likeness (QED) is 0.325. The third kappa shape index (κ3) is 7.98. The predicted molar refractivity (Wildman–Crippen MR) is 128 cm³/mol. The second-order valence-corrected chi connectivity index (χ2v) is 7.54. The molecule has 1 atom stereocenters. The second-order valence-electron chi connectivity index (χ2n) is 7.54. The molecule has 0 bridgehead atoms. The van der Waals surface area contributed by atoms with Gasteiger partial charge in [0.25, 0.3) is 0 Å². The smallest absolute Gasteiger partial charge is 0.408 e. The lowest BCUT2D eigenvalue weighted by molar-refractivity contribution is -0.136. The van der Waals surface area contributed by atoms with E-state index in [1.165, 1.54) is 0 Å². The van der Waals surface area contributed by atoms with Gasteiger partial charge in [-0.25, -0.2) is 4.79 Å². The summed E-state index contributed by atoms with van der Waals surface area (Å²) in [6, 6.07) is 24.4. The molecule has 176 valence electrons. The fourth-order valence-corrected chi connectivity index (χ4v) is 3.24. The molecule has 0 aliphatic rings. The van der Waals surface area contributed by atoms with Crippen molar-refractivity contribution in [3.05, 3.63) is 102 Å². The maximum absolute atomic E-state index is 12.8. The zero-order chi connectivity index (χ0) is 24.2. The first kappa shape index (κ1) is 24.3. The van der Waals surface area contributed by atoms with Gasteiger partial charge in [-0.15, -0.1) is 0 Å². The maximum atomic E-state index is 12.8. The van der Waals surface area contributed by atoms with Gasteiger partial charge in [0, 0.05) is 18.8 Å². The van der Waals surface area contributed by atoms with Gasteiger partial charge in [-0.05, 0) is 28.8 Å². The minimum absolute atomic E-state index is 0.0298. The third-order valence-corrected chi connectivity index (χ3v) is 4.93. The summed E-state index contributed by atoms with van der Waals surface area (Å²) < 4.78 is 5.27. The SMILES string of the molecule is O=C(O)Cc1ccc(NCCNC(=O)[C@@H](NC(=O)OCc2ccccc2)c2ccccc2)cc1. The molecule has 3 rings (SSSR count). The molecule has 0 radical (unpaired) electrons. The molecule has 0 unspecified atom stereocenters. The number of rotatable bonds is 11. The minimum atomic E-state index is -0.903. The minimum Gasteiger partial charge on any atom is -0.481 e. The molecule has 0 heterocycles. The third-order valence-electron chi connectivity index (χ3n) is 4.93. The van der Waals surface area contributed by atoms with Crippen molar-refractivity contribution in [2.24, 2.45) is 0 Å². The number of hydrogen-bond donors (Lipinski definition) is 4. The van der Waals surface area contributed by atoms with E-state index in [2.05, 4.69) is 16.0 Å². The van der Waals surface area contributed by atoms with Crippen LogP contribution in [-0.2, 0) is 27.4 Å². The molecule has 0 aromatic heterocycles. The number of anilines is 1. The van der Waals surface area contributed by atoms with Gasteiger partial charge in [-0.3, -0.25) is 9.59 Å². The van der Waals surface area contributed by atoms with Gasteiger partial charge in [0.2, 0.25) is 5.91 Å². The number of carboxylic acid groups (broad SMARTS) is 1. The highest BCUT2D eigenvalue weighted by Gasteiger charge is 2.23. The summed E-state index contributed by atoms with van der Waals surface area (Å²) >= 11 is 0. The van der Waals surface area contributed by atoms with Crippen molar-refractivity contribution in [1.29, 1.82) is 0 Å². The Hall–Kier alpha value is -4.33. The Morgan fingerprint density at radius 2 is 1.44 bits per heavy atom. The van der Waals surface area contributed by atoms with Gasteiger partial charge in [-0.1, -0.05) is 72.8 Å². The van der Waals surface area contributed by atoms with Crippen molar-refractivity contribution in [3.8, 4) is 0 Å². The molecule has 4 N–H and O–H groups in total. The fourth-order valence-electron chi connectivity index (χ4n) is 3.24. The molecular weight excluding hydrogens is 434 g/mol. The summed E-state index contributed by atoms with van der Waals surface area (Å²) in [5, 5.41) is 17.5. The van der Waals surface area contributed by atoms with Crippen LogP contribution in [0.25, 0.3) is 0 Å². The molecule has 34 heavy (non-hydrogen) atoms. The molecule has 0 aliphatic heterocycles. The van der Waals surface area contributed by atoms with Crippen molar-refractivity contribution >= 4 is 23.7 Å². The van der Waals surface area contributed by atoms with Gasteiger partial charge >= 0.3 is 12.1 Å². The number of nitrogens with one attached hydrogen (secondary N) is 3. The second kappa shape index (κ2) is 12.6. The summed E-state index contributed by atoms with van der Waals surface area (Å²) in [7, 11) is 0. The first-order valence-corrected chi connectivity index (χ1v) is 10.9. The molecule has 3 aromatic rings. The van der Waals surface area contributed by atoms with Crippen LogP contribution in [0.5, 0.6) is 0 Å². The maximum Gasteiger partial charge on any atom is 0.408 e. The number of alkyl carbamates (subject to hydrolysis) is 1. The molecule has 3 aromatic carbocycles. The lowest BCUT2D eigenvalue weighted by Gasteiger charge is -2.19. The number of aliphatic carboxylic acids is 1. The summed E-state index contributed by atoms with van der Waals surface area (Å²) in [4.78, 5) is 36.0. The number of benzene rings is 3. The molecule has 2 amide bonds. The Bertz CT molecular complexity index is 1070. The van der Waals surface area contributed by atoms with Gasteiger partial charge in [0.1, 0.15) is 12.6 Å². The topological polar surface area (TPSA) is 117 Å². The molecule has 8 heteroatoms.